The second kappa shape index (κ2) is 4.70. The maximum absolute atomic E-state index is 12.5. The molecule has 0 radical (unpaired) electrons. The topological polar surface area (TPSA) is 80.0 Å². The summed E-state index contributed by atoms with van der Waals surface area (Å²) in [6.07, 6.45) is 5.28. The van der Waals surface area contributed by atoms with E-state index in [-0.39, 0.29) is 22.8 Å². The number of anilines is 1. The highest BCUT2D eigenvalue weighted by Crippen LogP contribution is 2.62. The van der Waals surface area contributed by atoms with Crippen molar-refractivity contribution in [1.29, 1.82) is 0 Å². The number of nitrogens with zero attached hydrogens (tertiary/aromatic N) is 1. The molecule has 3 rings (SSSR count). The summed E-state index contributed by atoms with van der Waals surface area (Å²) in [5.74, 6) is 5.93. The molecule has 1 aromatic heterocycles. The first-order valence-corrected chi connectivity index (χ1v) is 7.60. The molecule has 2 fully saturated rings. The van der Waals surface area contributed by atoms with Gasteiger partial charge in [0.25, 0.3) is 5.91 Å². The van der Waals surface area contributed by atoms with Gasteiger partial charge in [-0.1, -0.05) is 20.8 Å². The maximum atomic E-state index is 12.5. The zero-order valence-electron chi connectivity index (χ0n) is 12.9. The number of carbonyl (C=O) groups is 1. The van der Waals surface area contributed by atoms with Crippen LogP contribution in [0.4, 0.5) is 5.69 Å². The minimum absolute atomic E-state index is 0.0922. The number of pyridine rings is 1. The van der Waals surface area contributed by atoms with Gasteiger partial charge in [0.15, 0.2) is 0 Å². The third kappa shape index (κ3) is 2.20. The van der Waals surface area contributed by atoms with E-state index in [1.165, 1.54) is 19.3 Å². The molecule has 3 unspecified atom stereocenters. The van der Waals surface area contributed by atoms with E-state index < -0.39 is 0 Å². The predicted octanol–water partition coefficient (Wildman–Crippen LogP) is 2.31. The Kier molecular flexibility index (Phi) is 3.20. The van der Waals surface area contributed by atoms with Crippen LogP contribution in [0.2, 0.25) is 0 Å². The fraction of sp³-hybridized carbons (Fsp3) is 0.625. The number of nitrogen functional groups attached to an aromatic ring is 1. The average Bonchev–Trinajstić information content (AvgIpc) is 2.94. The van der Waals surface area contributed by atoms with E-state index in [1.54, 1.807) is 18.3 Å². The number of nitrogens with two attached hydrogens (primary N) is 1. The number of amides is 1. The largest absolute Gasteiger partial charge is 0.347 e. The minimum Gasteiger partial charge on any atom is -0.347 e. The fourth-order valence-electron chi connectivity index (χ4n) is 4.48. The average molecular weight is 288 g/mol. The standard InChI is InChI=1S/C16H24N4O/c1-15(2)10-6-7-16(3,8-10)14(15)19-13(21)12-5-4-11(20-17)9-18-12/h4-5,9-10,14,20H,6-8,17H2,1-3H3,(H,19,21). The zero-order chi connectivity index (χ0) is 15.3. The van der Waals surface area contributed by atoms with Crippen LogP contribution in [-0.4, -0.2) is 16.9 Å². The lowest BCUT2D eigenvalue weighted by atomic mass is 9.68. The van der Waals surface area contributed by atoms with Crippen molar-refractivity contribution in [3.63, 3.8) is 0 Å². The zero-order valence-corrected chi connectivity index (χ0v) is 12.9. The highest BCUT2D eigenvalue weighted by atomic mass is 16.2. The van der Waals surface area contributed by atoms with Gasteiger partial charge in [0.05, 0.1) is 11.9 Å². The summed E-state index contributed by atoms with van der Waals surface area (Å²) in [6, 6.07) is 3.67. The lowest BCUT2D eigenvalue weighted by Gasteiger charge is -2.43. The van der Waals surface area contributed by atoms with E-state index in [4.69, 9.17) is 5.84 Å². The smallest absolute Gasteiger partial charge is 0.270 e. The second-order valence-electron chi connectivity index (χ2n) is 7.40. The van der Waals surface area contributed by atoms with Crippen LogP contribution in [0.1, 0.15) is 50.5 Å². The van der Waals surface area contributed by atoms with Gasteiger partial charge in [-0.2, -0.15) is 0 Å². The first-order valence-electron chi connectivity index (χ1n) is 7.60. The monoisotopic (exact) mass is 288 g/mol. The molecule has 1 heterocycles. The molecule has 0 spiro atoms. The molecule has 21 heavy (non-hydrogen) atoms. The Bertz CT molecular complexity index is 549. The molecule has 1 aromatic rings. The molecular formula is C16H24N4O. The minimum atomic E-state index is -0.0922. The van der Waals surface area contributed by atoms with Crippen molar-refractivity contribution in [3.8, 4) is 0 Å². The van der Waals surface area contributed by atoms with Crippen molar-refractivity contribution in [2.75, 3.05) is 5.43 Å². The van der Waals surface area contributed by atoms with Crippen molar-refractivity contribution in [2.24, 2.45) is 22.6 Å². The van der Waals surface area contributed by atoms with Gasteiger partial charge < -0.3 is 10.7 Å². The molecular weight excluding hydrogens is 264 g/mol. The fourth-order valence-corrected chi connectivity index (χ4v) is 4.48. The third-order valence-electron chi connectivity index (χ3n) is 5.71. The summed E-state index contributed by atoms with van der Waals surface area (Å²) in [5, 5.41) is 3.24. The molecule has 1 amide bonds. The number of aromatic nitrogens is 1. The van der Waals surface area contributed by atoms with Gasteiger partial charge in [0.2, 0.25) is 0 Å². The van der Waals surface area contributed by atoms with E-state index >= 15 is 0 Å². The molecule has 0 saturated heterocycles. The third-order valence-corrected chi connectivity index (χ3v) is 5.71. The number of hydrogen-bond donors (Lipinski definition) is 3. The summed E-state index contributed by atoms with van der Waals surface area (Å²) < 4.78 is 0. The lowest BCUT2D eigenvalue weighted by molar-refractivity contribution is 0.0733. The Morgan fingerprint density at radius 3 is 2.67 bits per heavy atom. The molecule has 2 bridgehead atoms. The van der Waals surface area contributed by atoms with Crippen LogP contribution in [0.15, 0.2) is 18.3 Å². The molecule has 5 heteroatoms. The van der Waals surface area contributed by atoms with Crippen LogP contribution in [0.25, 0.3) is 0 Å². The van der Waals surface area contributed by atoms with Crippen LogP contribution in [0, 0.1) is 16.7 Å². The summed E-state index contributed by atoms with van der Waals surface area (Å²) in [5.41, 5.74) is 4.03. The van der Waals surface area contributed by atoms with E-state index in [1.807, 2.05) is 0 Å². The summed E-state index contributed by atoms with van der Waals surface area (Å²) in [6.45, 7) is 6.87. The van der Waals surface area contributed by atoms with Gasteiger partial charge in [0.1, 0.15) is 5.69 Å². The van der Waals surface area contributed by atoms with Gasteiger partial charge in [0, 0.05) is 6.04 Å². The summed E-state index contributed by atoms with van der Waals surface area (Å²) >= 11 is 0. The molecule has 2 saturated carbocycles. The molecule has 0 aromatic carbocycles. The Hall–Kier alpha value is -1.62. The van der Waals surface area contributed by atoms with Crippen LogP contribution < -0.4 is 16.6 Å². The van der Waals surface area contributed by atoms with Gasteiger partial charge in [-0.05, 0) is 48.1 Å². The molecule has 0 aliphatic heterocycles. The normalized spacial score (nSPS) is 33.0. The van der Waals surface area contributed by atoms with Crippen LogP contribution in [-0.2, 0) is 0 Å². The van der Waals surface area contributed by atoms with Gasteiger partial charge in [-0.15, -0.1) is 0 Å². The van der Waals surface area contributed by atoms with E-state index in [2.05, 4.69) is 36.5 Å². The highest BCUT2D eigenvalue weighted by molar-refractivity contribution is 5.92. The second-order valence-corrected chi connectivity index (χ2v) is 7.40. The van der Waals surface area contributed by atoms with E-state index in [9.17, 15) is 4.79 Å². The summed E-state index contributed by atoms with van der Waals surface area (Å²) in [4.78, 5) is 16.7. The van der Waals surface area contributed by atoms with Crippen LogP contribution in [0.5, 0.6) is 0 Å². The van der Waals surface area contributed by atoms with Gasteiger partial charge in [-0.25, -0.2) is 4.98 Å². The molecule has 5 nitrogen and oxygen atoms in total. The Labute approximate surface area is 125 Å². The van der Waals surface area contributed by atoms with E-state index in [0.29, 0.717) is 17.3 Å². The van der Waals surface area contributed by atoms with Crippen molar-refractivity contribution in [2.45, 2.75) is 46.1 Å². The number of nitrogens with one attached hydrogen (secondary N) is 2. The van der Waals surface area contributed by atoms with Crippen molar-refractivity contribution >= 4 is 11.6 Å². The quantitative estimate of drug-likeness (QED) is 0.589. The SMILES string of the molecule is CC12CCC(C1)C(C)(C)C2NC(=O)c1ccc(NN)cn1. The first kappa shape index (κ1) is 14.3. The van der Waals surface area contributed by atoms with E-state index in [0.717, 1.165) is 0 Å². The maximum Gasteiger partial charge on any atom is 0.270 e. The van der Waals surface area contributed by atoms with Crippen LogP contribution in [0.3, 0.4) is 0 Å². The predicted molar refractivity (Wildman–Crippen MR) is 82.5 cm³/mol. The molecule has 3 atom stereocenters. The Morgan fingerprint density at radius 2 is 2.14 bits per heavy atom. The number of carbonyl (C=O) groups excluding carboxylic acids is 1. The number of hydrazine groups is 1. The molecule has 114 valence electrons. The number of fused-ring (bicyclic) bond motifs is 2. The molecule has 2 aliphatic carbocycles. The lowest BCUT2D eigenvalue weighted by Crippen LogP contribution is -2.52. The Balaban J connectivity index is 1.78. The van der Waals surface area contributed by atoms with Gasteiger partial charge >= 0.3 is 0 Å². The summed E-state index contributed by atoms with van der Waals surface area (Å²) in [7, 11) is 0. The van der Waals surface area contributed by atoms with Crippen molar-refractivity contribution in [3.05, 3.63) is 24.0 Å². The van der Waals surface area contributed by atoms with Crippen molar-refractivity contribution < 1.29 is 4.79 Å². The first-order chi connectivity index (χ1) is 9.87. The molecule has 2 aliphatic rings. The highest BCUT2D eigenvalue weighted by Gasteiger charge is 2.59. The molecule has 4 N–H and O–H groups in total. The Morgan fingerprint density at radius 1 is 1.38 bits per heavy atom. The van der Waals surface area contributed by atoms with Crippen LogP contribution >= 0.6 is 0 Å². The number of rotatable bonds is 3. The van der Waals surface area contributed by atoms with Gasteiger partial charge in [-0.3, -0.25) is 10.6 Å². The van der Waals surface area contributed by atoms with Crippen molar-refractivity contribution in [1.82, 2.24) is 10.3 Å². The number of hydrogen-bond acceptors (Lipinski definition) is 4.